The molecular formula is C24H28ClN5O2. The van der Waals surface area contributed by atoms with E-state index in [9.17, 15) is 4.79 Å². The summed E-state index contributed by atoms with van der Waals surface area (Å²) in [6.45, 7) is 6.33. The van der Waals surface area contributed by atoms with Crippen molar-refractivity contribution >= 4 is 40.0 Å². The van der Waals surface area contributed by atoms with E-state index in [0.717, 1.165) is 60.0 Å². The maximum Gasteiger partial charge on any atom is 0.226 e. The maximum absolute atomic E-state index is 12.4. The van der Waals surface area contributed by atoms with Crippen molar-refractivity contribution in [1.29, 1.82) is 0 Å². The highest BCUT2D eigenvalue weighted by molar-refractivity contribution is 6.30. The van der Waals surface area contributed by atoms with E-state index in [2.05, 4.69) is 15.1 Å². The summed E-state index contributed by atoms with van der Waals surface area (Å²) < 4.78 is 0. The van der Waals surface area contributed by atoms with Gasteiger partial charge >= 0.3 is 0 Å². The van der Waals surface area contributed by atoms with Gasteiger partial charge in [0, 0.05) is 55.2 Å². The zero-order valence-electron chi connectivity index (χ0n) is 18.2. The van der Waals surface area contributed by atoms with Crippen LogP contribution < -0.4 is 10.2 Å². The van der Waals surface area contributed by atoms with E-state index < -0.39 is 0 Å². The zero-order chi connectivity index (χ0) is 22.5. The monoisotopic (exact) mass is 453 g/mol. The van der Waals surface area contributed by atoms with E-state index in [4.69, 9.17) is 26.7 Å². The number of aromatic nitrogens is 2. The Morgan fingerprint density at radius 1 is 1.09 bits per heavy atom. The number of fused-ring (bicyclic) bond motifs is 1. The fraction of sp³-hybridized carbons (Fsp3) is 0.375. The molecule has 1 amide bonds. The number of piperazine rings is 1. The van der Waals surface area contributed by atoms with Gasteiger partial charge in [-0.15, -0.1) is 0 Å². The maximum atomic E-state index is 12.4. The molecule has 3 aromatic rings. The molecule has 32 heavy (non-hydrogen) atoms. The lowest BCUT2D eigenvalue weighted by atomic mass is 10.1. The molecule has 1 fully saturated rings. The van der Waals surface area contributed by atoms with Gasteiger partial charge in [0.05, 0.1) is 17.8 Å². The van der Waals surface area contributed by atoms with Crippen molar-refractivity contribution in [3.63, 3.8) is 0 Å². The number of nitrogens with one attached hydrogen (secondary N) is 1. The first-order valence-corrected chi connectivity index (χ1v) is 11.3. The first-order chi connectivity index (χ1) is 15.5. The fourth-order valence-corrected chi connectivity index (χ4v) is 4.06. The Balaban J connectivity index is 1.40. The smallest absolute Gasteiger partial charge is 0.226 e. The van der Waals surface area contributed by atoms with Crippen molar-refractivity contribution < 1.29 is 9.90 Å². The second kappa shape index (κ2) is 10.3. The van der Waals surface area contributed by atoms with E-state index in [1.807, 2.05) is 49.4 Å². The number of anilines is 2. The van der Waals surface area contributed by atoms with Crippen molar-refractivity contribution in [3.05, 3.63) is 58.7 Å². The third kappa shape index (κ3) is 5.54. The first kappa shape index (κ1) is 22.5. The Bertz CT molecular complexity index is 1080. The Morgan fingerprint density at radius 3 is 2.56 bits per heavy atom. The van der Waals surface area contributed by atoms with Crippen LogP contribution in [-0.4, -0.2) is 65.2 Å². The zero-order valence-corrected chi connectivity index (χ0v) is 19.0. The Hall–Kier alpha value is -2.74. The van der Waals surface area contributed by atoms with Gasteiger partial charge in [0.2, 0.25) is 11.9 Å². The van der Waals surface area contributed by atoms with E-state index in [1.165, 1.54) is 0 Å². The predicted molar refractivity (Wildman–Crippen MR) is 128 cm³/mol. The lowest BCUT2D eigenvalue weighted by Crippen LogP contribution is -2.47. The van der Waals surface area contributed by atoms with Crippen molar-refractivity contribution in [1.82, 2.24) is 14.9 Å². The molecule has 1 saturated heterocycles. The summed E-state index contributed by atoms with van der Waals surface area (Å²) in [5.74, 6) is 0.702. The number of benzene rings is 2. The van der Waals surface area contributed by atoms with Crippen LogP contribution >= 0.6 is 11.6 Å². The standard InChI is InChI=1S/C24H28ClN5O2/c1-17-21-16-20(27-23(32)9-4-18-2-5-19(25)6-3-18)7-8-22(21)28-24(26-17)30-12-10-29(11-13-30)14-15-31/h2-3,5-8,16,31H,4,9-15H2,1H3,(H,27,32). The van der Waals surface area contributed by atoms with E-state index in [0.29, 0.717) is 24.4 Å². The normalized spacial score (nSPS) is 14.7. The van der Waals surface area contributed by atoms with E-state index >= 15 is 0 Å². The Morgan fingerprint density at radius 2 is 1.84 bits per heavy atom. The Labute approximate surface area is 193 Å². The molecule has 0 aliphatic carbocycles. The SMILES string of the molecule is Cc1nc(N2CCN(CCO)CC2)nc2ccc(NC(=O)CCc3ccc(Cl)cc3)cc12. The number of carbonyl (C=O) groups excluding carboxylic acids is 1. The average Bonchev–Trinajstić information content (AvgIpc) is 2.80. The molecule has 1 aromatic heterocycles. The average molecular weight is 454 g/mol. The lowest BCUT2D eigenvalue weighted by Gasteiger charge is -2.34. The molecule has 0 saturated carbocycles. The molecular weight excluding hydrogens is 426 g/mol. The summed E-state index contributed by atoms with van der Waals surface area (Å²) in [7, 11) is 0. The number of halogens is 1. The van der Waals surface area contributed by atoms with Crippen LogP contribution in [-0.2, 0) is 11.2 Å². The van der Waals surface area contributed by atoms with Crippen LogP contribution in [0.2, 0.25) is 5.02 Å². The van der Waals surface area contributed by atoms with Crippen LogP contribution in [0.15, 0.2) is 42.5 Å². The van der Waals surface area contributed by atoms with Crippen molar-refractivity contribution in [3.8, 4) is 0 Å². The highest BCUT2D eigenvalue weighted by Crippen LogP contribution is 2.24. The molecule has 2 heterocycles. The van der Waals surface area contributed by atoms with Gasteiger partial charge in [0.1, 0.15) is 0 Å². The summed E-state index contributed by atoms with van der Waals surface area (Å²) in [6.07, 6.45) is 1.06. The molecule has 0 atom stereocenters. The highest BCUT2D eigenvalue weighted by atomic mass is 35.5. The minimum absolute atomic E-state index is 0.0322. The number of aliphatic hydroxyl groups is 1. The van der Waals surface area contributed by atoms with Gasteiger partial charge in [-0.2, -0.15) is 0 Å². The second-order valence-corrected chi connectivity index (χ2v) is 8.50. The topological polar surface area (TPSA) is 81.6 Å². The fourth-order valence-electron chi connectivity index (χ4n) is 3.93. The summed E-state index contributed by atoms with van der Waals surface area (Å²) in [5.41, 5.74) is 3.58. The van der Waals surface area contributed by atoms with Crippen LogP contribution in [0.4, 0.5) is 11.6 Å². The number of aryl methyl sites for hydroxylation is 2. The molecule has 4 rings (SSSR count). The number of carbonyl (C=O) groups is 1. The van der Waals surface area contributed by atoms with Crippen LogP contribution in [0.3, 0.4) is 0 Å². The van der Waals surface area contributed by atoms with Gasteiger partial charge < -0.3 is 15.3 Å². The minimum Gasteiger partial charge on any atom is -0.395 e. The van der Waals surface area contributed by atoms with E-state index in [-0.39, 0.29) is 12.5 Å². The molecule has 8 heteroatoms. The largest absolute Gasteiger partial charge is 0.395 e. The van der Waals surface area contributed by atoms with Gasteiger partial charge in [-0.05, 0) is 49.2 Å². The molecule has 0 radical (unpaired) electrons. The molecule has 0 unspecified atom stereocenters. The van der Waals surface area contributed by atoms with Gasteiger partial charge in [-0.1, -0.05) is 23.7 Å². The molecule has 1 aliphatic rings. The number of nitrogens with zero attached hydrogens (tertiary/aromatic N) is 4. The third-order valence-electron chi connectivity index (χ3n) is 5.78. The molecule has 2 N–H and O–H groups in total. The Kier molecular flexibility index (Phi) is 7.19. The molecule has 0 bridgehead atoms. The van der Waals surface area contributed by atoms with Crippen LogP contribution in [0.5, 0.6) is 0 Å². The number of hydrogen-bond acceptors (Lipinski definition) is 6. The van der Waals surface area contributed by atoms with Gasteiger partial charge in [0.15, 0.2) is 0 Å². The number of aliphatic hydroxyl groups excluding tert-OH is 1. The van der Waals surface area contributed by atoms with E-state index in [1.54, 1.807) is 0 Å². The minimum atomic E-state index is -0.0322. The van der Waals surface area contributed by atoms with Crippen LogP contribution in [0.1, 0.15) is 17.7 Å². The van der Waals surface area contributed by atoms with Gasteiger partial charge in [0.25, 0.3) is 0 Å². The second-order valence-electron chi connectivity index (χ2n) is 8.07. The van der Waals surface area contributed by atoms with Gasteiger partial charge in [-0.25, -0.2) is 9.97 Å². The van der Waals surface area contributed by atoms with Crippen LogP contribution in [0, 0.1) is 6.92 Å². The predicted octanol–water partition coefficient (Wildman–Crippen LogP) is 3.28. The highest BCUT2D eigenvalue weighted by Gasteiger charge is 2.19. The van der Waals surface area contributed by atoms with Crippen molar-refractivity contribution in [2.75, 3.05) is 49.5 Å². The molecule has 2 aromatic carbocycles. The molecule has 168 valence electrons. The van der Waals surface area contributed by atoms with Crippen molar-refractivity contribution in [2.45, 2.75) is 19.8 Å². The molecule has 1 aliphatic heterocycles. The number of hydrogen-bond donors (Lipinski definition) is 2. The van der Waals surface area contributed by atoms with Crippen molar-refractivity contribution in [2.24, 2.45) is 0 Å². The summed E-state index contributed by atoms with van der Waals surface area (Å²) >= 11 is 5.91. The van der Waals surface area contributed by atoms with Gasteiger partial charge in [-0.3, -0.25) is 9.69 Å². The lowest BCUT2D eigenvalue weighted by molar-refractivity contribution is -0.116. The number of rotatable bonds is 7. The number of amides is 1. The first-order valence-electron chi connectivity index (χ1n) is 10.9. The third-order valence-corrected chi connectivity index (χ3v) is 6.04. The number of β-amino-alcohol motifs (C(OH)–C–C–N with tert-alkyl or cyclic N) is 1. The quantitative estimate of drug-likeness (QED) is 0.571. The summed E-state index contributed by atoms with van der Waals surface area (Å²) in [6, 6.07) is 13.3. The van der Waals surface area contributed by atoms with Crippen LogP contribution in [0.25, 0.3) is 10.9 Å². The molecule has 0 spiro atoms. The summed E-state index contributed by atoms with van der Waals surface area (Å²) in [5, 5.41) is 13.7. The molecule has 7 nitrogen and oxygen atoms in total. The summed E-state index contributed by atoms with van der Waals surface area (Å²) in [4.78, 5) is 26.3.